The van der Waals surface area contributed by atoms with Gasteiger partial charge in [-0.05, 0) is 43.5 Å². The van der Waals surface area contributed by atoms with Gasteiger partial charge in [-0.25, -0.2) is 4.79 Å². The topological polar surface area (TPSA) is 52.6 Å². The lowest BCUT2D eigenvalue weighted by molar-refractivity contribution is -0.148. The molecule has 0 heterocycles. The molecule has 0 bridgehead atoms. The van der Waals surface area contributed by atoms with Crippen LogP contribution < -0.4 is 0 Å². The molecule has 0 saturated heterocycles. The van der Waals surface area contributed by atoms with Crippen molar-refractivity contribution in [1.29, 1.82) is 0 Å². The zero-order chi connectivity index (χ0) is 19.0. The zero-order valence-corrected chi connectivity index (χ0v) is 15.4. The van der Waals surface area contributed by atoms with Crippen LogP contribution in [0, 0.1) is 0 Å². The van der Waals surface area contributed by atoms with Gasteiger partial charge < -0.3 is 9.47 Å². The van der Waals surface area contributed by atoms with Crippen LogP contribution in [0.15, 0.2) is 60.7 Å². The monoisotopic (exact) mass is 352 g/mol. The first-order valence-corrected chi connectivity index (χ1v) is 8.51. The van der Waals surface area contributed by atoms with E-state index in [0.29, 0.717) is 0 Å². The van der Waals surface area contributed by atoms with Gasteiger partial charge in [0.25, 0.3) is 0 Å². The highest BCUT2D eigenvalue weighted by molar-refractivity contribution is 5.87. The number of hydrogen-bond donors (Lipinski definition) is 0. The van der Waals surface area contributed by atoms with Crippen LogP contribution in [-0.2, 0) is 32.1 Å². The molecule has 0 radical (unpaired) electrons. The van der Waals surface area contributed by atoms with E-state index in [-0.39, 0.29) is 25.0 Å². The van der Waals surface area contributed by atoms with Crippen LogP contribution in [0.1, 0.15) is 37.5 Å². The first-order valence-electron chi connectivity index (χ1n) is 8.51. The average Bonchev–Trinajstić information content (AvgIpc) is 2.59. The molecule has 0 atom stereocenters. The Morgan fingerprint density at radius 1 is 0.923 bits per heavy atom. The predicted octanol–water partition coefficient (Wildman–Crippen LogP) is 4.33. The normalized spacial score (nSPS) is 11.3. The molecular formula is C22H24O4. The number of carbonyl (C=O) groups is 2. The second-order valence-electron chi connectivity index (χ2n) is 6.93. The predicted molar refractivity (Wildman–Crippen MR) is 101 cm³/mol. The van der Waals surface area contributed by atoms with Crippen LogP contribution in [0.2, 0.25) is 0 Å². The van der Waals surface area contributed by atoms with Crippen molar-refractivity contribution < 1.29 is 19.1 Å². The summed E-state index contributed by atoms with van der Waals surface area (Å²) >= 11 is 0. The van der Waals surface area contributed by atoms with Crippen LogP contribution >= 0.6 is 0 Å². The van der Waals surface area contributed by atoms with E-state index < -0.39 is 5.60 Å². The summed E-state index contributed by atoms with van der Waals surface area (Å²) in [5, 5.41) is 0. The van der Waals surface area contributed by atoms with Crippen molar-refractivity contribution in [3.8, 4) is 0 Å². The molecule has 0 fully saturated rings. The zero-order valence-electron chi connectivity index (χ0n) is 15.4. The molecule has 0 saturated carbocycles. The Morgan fingerprint density at radius 3 is 2.19 bits per heavy atom. The Balaban J connectivity index is 1.83. The maximum absolute atomic E-state index is 11.9. The molecule has 0 amide bonds. The molecular weight excluding hydrogens is 328 g/mol. The number of carbonyl (C=O) groups excluding carboxylic acids is 2. The lowest BCUT2D eigenvalue weighted by Gasteiger charge is -2.17. The highest BCUT2D eigenvalue weighted by Gasteiger charge is 2.13. The fourth-order valence-corrected chi connectivity index (χ4v) is 2.20. The van der Waals surface area contributed by atoms with E-state index in [1.807, 2.05) is 75.4 Å². The minimum Gasteiger partial charge on any atom is -0.461 e. The second kappa shape index (κ2) is 8.99. The van der Waals surface area contributed by atoms with Crippen LogP contribution in [0.25, 0.3) is 6.08 Å². The Kier molecular flexibility index (Phi) is 6.73. The van der Waals surface area contributed by atoms with Gasteiger partial charge in [0.15, 0.2) is 0 Å². The highest BCUT2D eigenvalue weighted by Crippen LogP contribution is 2.11. The number of benzene rings is 2. The van der Waals surface area contributed by atoms with Crippen molar-refractivity contribution >= 4 is 18.0 Å². The lowest BCUT2D eigenvalue weighted by atomic mass is 10.1. The minimum atomic E-state index is -0.509. The molecule has 2 aromatic rings. The van der Waals surface area contributed by atoms with Crippen molar-refractivity contribution in [2.45, 2.75) is 39.4 Å². The molecule has 0 aliphatic heterocycles. The summed E-state index contributed by atoms with van der Waals surface area (Å²) < 4.78 is 10.5. The quantitative estimate of drug-likeness (QED) is 0.574. The fraction of sp³-hybridized carbons (Fsp3) is 0.273. The highest BCUT2D eigenvalue weighted by atomic mass is 16.6. The van der Waals surface area contributed by atoms with Gasteiger partial charge in [0.05, 0.1) is 6.42 Å². The Bertz CT molecular complexity index is 753. The average molecular weight is 352 g/mol. The van der Waals surface area contributed by atoms with Crippen molar-refractivity contribution in [1.82, 2.24) is 0 Å². The summed E-state index contributed by atoms with van der Waals surface area (Å²) in [6.07, 6.45) is 3.29. The third-order valence-corrected chi connectivity index (χ3v) is 3.39. The van der Waals surface area contributed by atoms with Crippen LogP contribution in [0.4, 0.5) is 0 Å². The second-order valence-corrected chi connectivity index (χ2v) is 6.93. The number of rotatable bonds is 6. The van der Waals surface area contributed by atoms with Gasteiger partial charge >= 0.3 is 11.9 Å². The number of ether oxygens (including phenoxy) is 2. The van der Waals surface area contributed by atoms with Gasteiger partial charge in [0.2, 0.25) is 0 Å². The lowest BCUT2D eigenvalue weighted by Crippen LogP contribution is -2.22. The summed E-state index contributed by atoms with van der Waals surface area (Å²) in [6, 6.07) is 17.0. The molecule has 0 aliphatic carbocycles. The summed E-state index contributed by atoms with van der Waals surface area (Å²) in [4.78, 5) is 23.6. The van der Waals surface area contributed by atoms with Gasteiger partial charge in [0.1, 0.15) is 12.2 Å². The Hall–Kier alpha value is -2.88. The van der Waals surface area contributed by atoms with Gasteiger partial charge in [-0.2, -0.15) is 0 Å². The van der Waals surface area contributed by atoms with Gasteiger partial charge in [-0.15, -0.1) is 0 Å². The molecule has 0 spiro atoms. The molecule has 4 heteroatoms. The fourth-order valence-electron chi connectivity index (χ4n) is 2.20. The van der Waals surface area contributed by atoms with Crippen molar-refractivity contribution in [2.75, 3.05) is 0 Å². The molecule has 26 heavy (non-hydrogen) atoms. The van der Waals surface area contributed by atoms with Crippen molar-refractivity contribution in [3.63, 3.8) is 0 Å². The number of hydrogen-bond acceptors (Lipinski definition) is 4. The van der Waals surface area contributed by atoms with Crippen LogP contribution in [0.5, 0.6) is 0 Å². The van der Waals surface area contributed by atoms with E-state index in [1.54, 1.807) is 6.08 Å². The Labute approximate surface area is 154 Å². The van der Waals surface area contributed by atoms with Gasteiger partial charge in [-0.1, -0.05) is 54.6 Å². The van der Waals surface area contributed by atoms with Crippen LogP contribution in [0.3, 0.4) is 0 Å². The summed E-state index contributed by atoms with van der Waals surface area (Å²) in [6.45, 7) is 5.75. The molecule has 136 valence electrons. The molecule has 0 N–H and O–H groups in total. The molecule has 0 aromatic heterocycles. The van der Waals surface area contributed by atoms with Gasteiger partial charge in [-0.3, -0.25) is 4.79 Å². The van der Waals surface area contributed by atoms with E-state index in [2.05, 4.69) is 0 Å². The van der Waals surface area contributed by atoms with Crippen LogP contribution in [-0.4, -0.2) is 17.5 Å². The third-order valence-electron chi connectivity index (χ3n) is 3.39. The maximum Gasteiger partial charge on any atom is 0.331 e. The molecule has 2 aromatic carbocycles. The third kappa shape index (κ3) is 7.34. The Morgan fingerprint density at radius 2 is 1.58 bits per heavy atom. The van der Waals surface area contributed by atoms with E-state index in [9.17, 15) is 9.59 Å². The first-order chi connectivity index (χ1) is 12.3. The number of esters is 2. The minimum absolute atomic E-state index is 0.211. The summed E-state index contributed by atoms with van der Waals surface area (Å²) in [7, 11) is 0. The maximum atomic E-state index is 11.9. The standard InChI is InChI=1S/C22H24O4/c1-22(2,3)26-20(23)14-13-17-9-11-18(12-10-17)15-21(24)25-16-19-7-5-4-6-8-19/h4-14H,15-16H2,1-3H3. The summed E-state index contributed by atoms with van der Waals surface area (Å²) in [5.74, 6) is -0.656. The van der Waals surface area contributed by atoms with Gasteiger partial charge in [0, 0.05) is 6.08 Å². The molecule has 4 nitrogen and oxygen atoms in total. The first kappa shape index (κ1) is 19.4. The molecule has 2 rings (SSSR count). The van der Waals surface area contributed by atoms with E-state index in [1.165, 1.54) is 6.08 Å². The van der Waals surface area contributed by atoms with Crippen molar-refractivity contribution in [2.24, 2.45) is 0 Å². The molecule has 0 aliphatic rings. The van der Waals surface area contributed by atoms with E-state index in [0.717, 1.165) is 16.7 Å². The van der Waals surface area contributed by atoms with Crippen molar-refractivity contribution in [3.05, 3.63) is 77.4 Å². The smallest absolute Gasteiger partial charge is 0.331 e. The van der Waals surface area contributed by atoms with E-state index in [4.69, 9.17) is 9.47 Å². The largest absolute Gasteiger partial charge is 0.461 e. The molecule has 0 unspecified atom stereocenters. The SMILES string of the molecule is CC(C)(C)OC(=O)C=Cc1ccc(CC(=O)OCc2ccccc2)cc1. The van der Waals surface area contributed by atoms with E-state index >= 15 is 0 Å². The summed E-state index contributed by atoms with van der Waals surface area (Å²) in [5.41, 5.74) is 2.17.